The standard InChI is InChI=1S/C53H60N8O9S6/c1-53(2,3)35-23-33(29-73-51(71)56-42(49(62)69-9)25-36-27-60(31-54-36)75(64,65)46-21-13-15-38-40(46)17-11-19-44(38)58(4)5)48(68-8)34(24-35)30-74-52(72)57-43(50(63)70-10)26-37-28-61(32-55-37)76(66,67)47-22-14-16-39-41(47)18-12-20-45(39)59(6)7/h11-24,27-28,31-32,42-43H,25-26,29-30H2,1-10H3,(H,56,71)(H,57,72)/t42-,43-/m0/s1. The summed E-state index contributed by atoms with van der Waals surface area (Å²) in [6.07, 6.45) is 5.14. The van der Waals surface area contributed by atoms with Crippen LogP contribution in [0.4, 0.5) is 11.4 Å². The molecule has 0 bridgehead atoms. The van der Waals surface area contributed by atoms with Crippen LogP contribution in [0.25, 0.3) is 21.5 Å². The minimum Gasteiger partial charge on any atom is -0.496 e. The van der Waals surface area contributed by atoms with Crippen molar-refractivity contribution < 1.29 is 40.6 Å². The van der Waals surface area contributed by atoms with Gasteiger partial charge < -0.3 is 34.6 Å². The second-order valence-electron chi connectivity index (χ2n) is 19.0. The summed E-state index contributed by atoms with van der Waals surface area (Å²) in [7, 11) is 3.51. The largest absolute Gasteiger partial charge is 0.496 e. The number of methoxy groups -OCH3 is 3. The van der Waals surface area contributed by atoms with Gasteiger partial charge in [0.05, 0.1) is 42.5 Å². The first-order valence-electron chi connectivity index (χ1n) is 23.7. The number of carbonyl (C=O) groups excluding carboxylic acids is 2. The number of imidazole rings is 2. The van der Waals surface area contributed by atoms with Gasteiger partial charge in [0.15, 0.2) is 0 Å². The Kier molecular flexibility index (Phi) is 18.1. The summed E-state index contributed by atoms with van der Waals surface area (Å²) < 4.78 is 75.0. The van der Waals surface area contributed by atoms with Gasteiger partial charge in [-0.15, -0.1) is 0 Å². The number of aromatic nitrogens is 4. The van der Waals surface area contributed by atoms with E-state index in [0.717, 1.165) is 46.8 Å². The monoisotopic (exact) mass is 1140 g/mol. The molecule has 402 valence electrons. The van der Waals surface area contributed by atoms with E-state index in [1.807, 2.05) is 74.4 Å². The number of thioether (sulfide) groups is 2. The molecule has 0 saturated heterocycles. The third kappa shape index (κ3) is 12.8. The molecule has 0 spiro atoms. The molecule has 0 amide bonds. The van der Waals surface area contributed by atoms with Crippen molar-refractivity contribution in [3.63, 3.8) is 0 Å². The van der Waals surface area contributed by atoms with Crippen molar-refractivity contribution in [1.29, 1.82) is 0 Å². The normalized spacial score (nSPS) is 12.7. The number of esters is 2. The van der Waals surface area contributed by atoms with Crippen LogP contribution in [-0.4, -0.2) is 117 Å². The summed E-state index contributed by atoms with van der Waals surface area (Å²) in [5.74, 6) is 0.0412. The lowest BCUT2D eigenvalue weighted by molar-refractivity contribution is -0.143. The molecule has 5 aromatic carbocycles. The fourth-order valence-electron chi connectivity index (χ4n) is 8.56. The third-order valence-corrected chi connectivity index (χ3v) is 18.4. The van der Waals surface area contributed by atoms with Crippen molar-refractivity contribution in [1.82, 2.24) is 28.5 Å². The molecular formula is C53H60N8O9S6. The first kappa shape index (κ1) is 57.5. The molecule has 17 nitrogen and oxygen atoms in total. The molecule has 23 heteroatoms. The number of ether oxygens (including phenoxy) is 3. The Bertz CT molecular complexity index is 3340. The molecule has 2 N–H and O–H groups in total. The first-order chi connectivity index (χ1) is 36.0. The zero-order valence-corrected chi connectivity index (χ0v) is 48.6. The average Bonchev–Trinajstić information content (AvgIpc) is 4.09. The average molecular weight is 1150 g/mol. The second kappa shape index (κ2) is 24.0. The first-order valence-corrected chi connectivity index (χ1v) is 29.3. The lowest BCUT2D eigenvalue weighted by atomic mass is 9.85. The number of thiocarbonyl (C=S) groups is 2. The van der Waals surface area contributed by atoms with Crippen molar-refractivity contribution in [3.05, 3.63) is 138 Å². The van der Waals surface area contributed by atoms with Crippen molar-refractivity contribution in [2.45, 2.75) is 72.4 Å². The zero-order chi connectivity index (χ0) is 55.3. The van der Waals surface area contributed by atoms with Crippen molar-refractivity contribution in [3.8, 4) is 5.75 Å². The number of anilines is 2. The van der Waals surface area contributed by atoms with Crippen LogP contribution in [-0.2, 0) is 68.9 Å². The fraction of sp³-hybridized carbons (Fsp3) is 0.321. The third-order valence-electron chi connectivity index (χ3n) is 12.4. The fourth-order valence-corrected chi connectivity index (χ4v) is 13.4. The molecular weight excluding hydrogens is 1090 g/mol. The van der Waals surface area contributed by atoms with Crippen LogP contribution < -0.4 is 25.2 Å². The molecule has 7 rings (SSSR count). The minimum atomic E-state index is -4.08. The molecule has 7 aromatic rings. The van der Waals surface area contributed by atoms with E-state index in [2.05, 4.69) is 53.5 Å². The Hall–Kier alpha value is -6.24. The van der Waals surface area contributed by atoms with E-state index in [-0.39, 0.29) is 36.7 Å². The minimum absolute atomic E-state index is 0.0274. The van der Waals surface area contributed by atoms with Gasteiger partial charge in [-0.2, -0.15) is 0 Å². The summed E-state index contributed by atoms with van der Waals surface area (Å²) >= 11 is 14.1. The summed E-state index contributed by atoms with van der Waals surface area (Å²) in [6, 6.07) is 23.4. The van der Waals surface area contributed by atoms with Gasteiger partial charge in [-0.25, -0.2) is 44.3 Å². The Morgan fingerprint density at radius 3 is 1.37 bits per heavy atom. The number of nitrogens with zero attached hydrogens (tertiary/aromatic N) is 6. The van der Waals surface area contributed by atoms with Crippen LogP contribution in [0.1, 0.15) is 48.8 Å². The number of nitrogens with one attached hydrogen (secondary N) is 2. The lowest BCUT2D eigenvalue weighted by Gasteiger charge is -2.24. The number of carbonyl (C=O) groups is 2. The van der Waals surface area contributed by atoms with E-state index >= 15 is 0 Å². The van der Waals surface area contributed by atoms with Crippen LogP contribution in [0.5, 0.6) is 5.75 Å². The van der Waals surface area contributed by atoms with Crippen molar-refractivity contribution >= 4 is 122 Å². The Morgan fingerprint density at radius 2 is 1.01 bits per heavy atom. The van der Waals surface area contributed by atoms with Crippen LogP contribution >= 0.6 is 48.0 Å². The summed E-state index contributed by atoms with van der Waals surface area (Å²) in [5, 5.41) is 8.88. The van der Waals surface area contributed by atoms with Gasteiger partial charge in [-0.3, -0.25) is 0 Å². The number of rotatable bonds is 19. The van der Waals surface area contributed by atoms with E-state index in [1.165, 1.54) is 62.8 Å². The molecule has 0 saturated carbocycles. The quantitative estimate of drug-likeness (QED) is 0.0582. The van der Waals surface area contributed by atoms with Crippen LogP contribution in [0.3, 0.4) is 0 Å². The van der Waals surface area contributed by atoms with Crippen LogP contribution in [0.15, 0.2) is 120 Å². The predicted octanol–water partition coefficient (Wildman–Crippen LogP) is 8.08. The second-order valence-corrected chi connectivity index (χ2v) is 26.0. The molecule has 2 atom stereocenters. The number of hydrogen-bond acceptors (Lipinski definition) is 17. The van der Waals surface area contributed by atoms with Gasteiger partial charge >= 0.3 is 11.9 Å². The molecule has 0 aliphatic carbocycles. The summed E-state index contributed by atoms with van der Waals surface area (Å²) in [4.78, 5) is 39.1. The maximum absolute atomic E-state index is 14.0. The Balaban J connectivity index is 1.02. The molecule has 0 unspecified atom stereocenters. The smallest absolute Gasteiger partial charge is 0.328 e. The van der Waals surface area contributed by atoms with Gasteiger partial charge in [0, 0.05) is 109 Å². The maximum Gasteiger partial charge on any atom is 0.328 e. The predicted molar refractivity (Wildman–Crippen MR) is 311 cm³/mol. The van der Waals surface area contributed by atoms with Crippen LogP contribution in [0.2, 0.25) is 0 Å². The maximum atomic E-state index is 14.0. The van der Waals surface area contributed by atoms with Crippen molar-refractivity contribution in [2.75, 3.05) is 59.3 Å². The molecule has 2 aromatic heterocycles. The van der Waals surface area contributed by atoms with E-state index in [1.54, 1.807) is 43.5 Å². The van der Waals surface area contributed by atoms with Crippen molar-refractivity contribution in [2.24, 2.45) is 0 Å². The highest BCUT2D eigenvalue weighted by molar-refractivity contribution is 8.22. The summed E-state index contributed by atoms with van der Waals surface area (Å²) in [5.41, 5.74) is 4.75. The molecule has 2 heterocycles. The molecule has 76 heavy (non-hydrogen) atoms. The van der Waals surface area contributed by atoms with E-state index in [4.69, 9.17) is 38.6 Å². The highest BCUT2D eigenvalue weighted by atomic mass is 32.2. The SMILES string of the molecule is COC(=O)[C@H](Cc1cn(S(=O)(=O)c2cccc3c(N(C)C)cccc23)cn1)NC(=S)SCc1cc(C(C)(C)C)cc(CSC(=S)N[C@@H](Cc2cn(S(=O)(=O)c3cccc4c(N(C)C)cccc34)cn2)C(=O)OC)c1OC. The zero-order valence-electron chi connectivity index (χ0n) is 43.7. The Labute approximate surface area is 463 Å². The van der Waals surface area contributed by atoms with Gasteiger partial charge in [0.25, 0.3) is 20.0 Å². The highest BCUT2D eigenvalue weighted by Gasteiger charge is 2.29. The highest BCUT2D eigenvalue weighted by Crippen LogP contribution is 2.37. The molecule has 0 aliphatic heterocycles. The van der Waals surface area contributed by atoms with Gasteiger partial charge in [-0.1, -0.05) is 129 Å². The molecule has 0 aliphatic rings. The number of fused-ring (bicyclic) bond motifs is 2. The number of hydrogen-bond donors (Lipinski definition) is 2. The molecule has 0 fully saturated rings. The van der Waals surface area contributed by atoms with Gasteiger partial charge in [0.2, 0.25) is 0 Å². The topological polar surface area (TPSA) is 196 Å². The van der Waals surface area contributed by atoms with E-state index in [9.17, 15) is 26.4 Å². The van der Waals surface area contributed by atoms with Gasteiger partial charge in [0.1, 0.15) is 39.1 Å². The van der Waals surface area contributed by atoms with E-state index < -0.39 is 44.1 Å². The Morgan fingerprint density at radius 1 is 0.632 bits per heavy atom. The molecule has 0 radical (unpaired) electrons. The van der Waals surface area contributed by atoms with E-state index in [0.29, 0.717) is 39.4 Å². The lowest BCUT2D eigenvalue weighted by Crippen LogP contribution is -2.41. The summed E-state index contributed by atoms with van der Waals surface area (Å²) in [6.45, 7) is 6.27. The van der Waals surface area contributed by atoms with Crippen LogP contribution in [0, 0.1) is 0 Å². The number of benzene rings is 5. The van der Waals surface area contributed by atoms with Gasteiger partial charge in [-0.05, 0) is 35.2 Å².